The second-order valence-electron chi connectivity index (χ2n) is 5.47. The Morgan fingerprint density at radius 1 is 1.29 bits per heavy atom. The van der Waals surface area contributed by atoms with Crippen molar-refractivity contribution in [2.45, 2.75) is 39.2 Å². The summed E-state index contributed by atoms with van der Waals surface area (Å²) in [7, 11) is 0. The summed E-state index contributed by atoms with van der Waals surface area (Å²) in [5, 5.41) is 3.52. The fraction of sp³-hybridized carbons (Fsp3) is 0.389. The van der Waals surface area contributed by atoms with E-state index in [1.165, 1.54) is 5.56 Å². The monoisotopic (exact) mass is 286 g/mol. The third-order valence-corrected chi connectivity index (χ3v) is 3.55. The van der Waals surface area contributed by atoms with Crippen molar-refractivity contribution in [1.82, 2.24) is 10.3 Å². The van der Waals surface area contributed by atoms with Crippen LogP contribution in [0.2, 0.25) is 0 Å². The Morgan fingerprint density at radius 3 is 2.81 bits per heavy atom. The molecule has 2 rings (SSSR count). The maximum Gasteiger partial charge on any atom is 0.123 e. The number of nitrogens with one attached hydrogen (secondary N) is 1. The molecule has 1 aromatic carbocycles. The molecular formula is C18H23FN2. The Hall–Kier alpha value is -1.74. The minimum absolute atomic E-state index is 0.158. The van der Waals surface area contributed by atoms with Crippen LogP contribution < -0.4 is 5.32 Å². The SMILES string of the molecule is CCCNC(CCc1cccnc1)c1cc(C)cc(F)c1. The number of hydrogen-bond acceptors (Lipinski definition) is 2. The lowest BCUT2D eigenvalue weighted by molar-refractivity contribution is 0.495. The minimum atomic E-state index is -0.158. The molecule has 0 bridgehead atoms. The molecule has 1 aromatic heterocycles. The number of rotatable bonds is 7. The molecule has 21 heavy (non-hydrogen) atoms. The van der Waals surface area contributed by atoms with Crippen molar-refractivity contribution in [3.05, 3.63) is 65.2 Å². The number of benzene rings is 1. The van der Waals surface area contributed by atoms with Crippen molar-refractivity contribution in [2.75, 3.05) is 6.54 Å². The smallest absolute Gasteiger partial charge is 0.123 e. The summed E-state index contributed by atoms with van der Waals surface area (Å²) >= 11 is 0. The van der Waals surface area contributed by atoms with Gasteiger partial charge in [-0.15, -0.1) is 0 Å². The van der Waals surface area contributed by atoms with Crippen molar-refractivity contribution in [1.29, 1.82) is 0 Å². The summed E-state index contributed by atoms with van der Waals surface area (Å²) in [5.74, 6) is -0.158. The van der Waals surface area contributed by atoms with Crippen molar-refractivity contribution in [3.63, 3.8) is 0 Å². The van der Waals surface area contributed by atoms with Gasteiger partial charge in [0.05, 0.1) is 0 Å². The number of nitrogens with zero attached hydrogens (tertiary/aromatic N) is 1. The van der Waals surface area contributed by atoms with Crippen LogP contribution in [0.1, 0.15) is 42.5 Å². The highest BCUT2D eigenvalue weighted by molar-refractivity contribution is 5.26. The molecule has 0 aliphatic carbocycles. The second-order valence-corrected chi connectivity index (χ2v) is 5.47. The molecule has 0 fully saturated rings. The fourth-order valence-corrected chi connectivity index (χ4v) is 2.53. The standard InChI is InChI=1S/C18H23FN2/c1-3-8-21-18(7-6-15-5-4-9-20-13-15)16-10-14(2)11-17(19)12-16/h4-5,9-13,18,21H,3,6-8H2,1-2H3. The van der Waals surface area contributed by atoms with Gasteiger partial charge in [-0.05, 0) is 67.6 Å². The largest absolute Gasteiger partial charge is 0.310 e. The lowest BCUT2D eigenvalue weighted by Crippen LogP contribution is -2.23. The molecule has 0 radical (unpaired) electrons. The highest BCUT2D eigenvalue weighted by atomic mass is 19.1. The lowest BCUT2D eigenvalue weighted by Gasteiger charge is -2.19. The predicted molar refractivity (Wildman–Crippen MR) is 84.7 cm³/mol. The molecule has 0 saturated carbocycles. The molecule has 112 valence electrons. The molecule has 2 nitrogen and oxygen atoms in total. The molecule has 0 aliphatic rings. The summed E-state index contributed by atoms with van der Waals surface area (Å²) in [4.78, 5) is 4.15. The molecule has 1 N–H and O–H groups in total. The molecular weight excluding hydrogens is 263 g/mol. The Labute approximate surface area is 126 Å². The van der Waals surface area contributed by atoms with Gasteiger partial charge in [-0.2, -0.15) is 0 Å². The zero-order chi connectivity index (χ0) is 15.1. The first kappa shape index (κ1) is 15.6. The average molecular weight is 286 g/mol. The predicted octanol–water partition coefficient (Wildman–Crippen LogP) is 4.20. The molecule has 0 saturated heterocycles. The number of hydrogen-bond donors (Lipinski definition) is 1. The van der Waals surface area contributed by atoms with E-state index >= 15 is 0 Å². The van der Waals surface area contributed by atoms with Crippen LogP contribution >= 0.6 is 0 Å². The van der Waals surface area contributed by atoms with Crippen LogP contribution in [-0.4, -0.2) is 11.5 Å². The molecule has 0 spiro atoms. The zero-order valence-electron chi connectivity index (χ0n) is 12.8. The topological polar surface area (TPSA) is 24.9 Å². The van der Waals surface area contributed by atoms with Gasteiger partial charge in [0.1, 0.15) is 5.82 Å². The van der Waals surface area contributed by atoms with Crippen molar-refractivity contribution < 1.29 is 4.39 Å². The van der Waals surface area contributed by atoms with Crippen LogP contribution in [0.3, 0.4) is 0 Å². The number of aryl methyl sites for hydroxylation is 2. The minimum Gasteiger partial charge on any atom is -0.310 e. The van der Waals surface area contributed by atoms with E-state index in [4.69, 9.17) is 0 Å². The van der Waals surface area contributed by atoms with Gasteiger partial charge in [0, 0.05) is 18.4 Å². The maximum atomic E-state index is 13.6. The van der Waals surface area contributed by atoms with Gasteiger partial charge < -0.3 is 5.32 Å². The molecule has 0 aliphatic heterocycles. The Kier molecular flexibility index (Phi) is 5.88. The molecule has 0 amide bonds. The summed E-state index contributed by atoms with van der Waals surface area (Å²) in [5.41, 5.74) is 3.22. The summed E-state index contributed by atoms with van der Waals surface area (Å²) < 4.78 is 13.6. The van der Waals surface area contributed by atoms with Crippen LogP contribution in [0.15, 0.2) is 42.7 Å². The van der Waals surface area contributed by atoms with Crippen molar-refractivity contribution >= 4 is 0 Å². The van der Waals surface area contributed by atoms with E-state index in [2.05, 4.69) is 29.4 Å². The van der Waals surface area contributed by atoms with E-state index in [9.17, 15) is 4.39 Å². The molecule has 3 heteroatoms. The van der Waals surface area contributed by atoms with Crippen LogP contribution in [0.5, 0.6) is 0 Å². The quantitative estimate of drug-likeness (QED) is 0.825. The molecule has 1 atom stereocenters. The van der Waals surface area contributed by atoms with Crippen molar-refractivity contribution in [3.8, 4) is 0 Å². The van der Waals surface area contributed by atoms with Gasteiger partial charge in [-0.25, -0.2) is 4.39 Å². The van der Waals surface area contributed by atoms with Crippen LogP contribution in [0, 0.1) is 12.7 Å². The fourth-order valence-electron chi connectivity index (χ4n) is 2.53. The van der Waals surface area contributed by atoms with Crippen LogP contribution in [-0.2, 0) is 6.42 Å². The highest BCUT2D eigenvalue weighted by Gasteiger charge is 2.12. The van der Waals surface area contributed by atoms with Gasteiger partial charge in [0.25, 0.3) is 0 Å². The van der Waals surface area contributed by atoms with E-state index in [1.807, 2.05) is 19.2 Å². The summed E-state index contributed by atoms with van der Waals surface area (Å²) in [6, 6.07) is 9.50. The summed E-state index contributed by atoms with van der Waals surface area (Å²) in [6.07, 6.45) is 6.62. The lowest BCUT2D eigenvalue weighted by atomic mass is 9.98. The first-order chi connectivity index (χ1) is 10.2. The van der Waals surface area contributed by atoms with E-state index in [-0.39, 0.29) is 11.9 Å². The van der Waals surface area contributed by atoms with E-state index in [0.717, 1.165) is 36.9 Å². The van der Waals surface area contributed by atoms with Gasteiger partial charge in [-0.1, -0.05) is 19.1 Å². The first-order valence-corrected chi connectivity index (χ1v) is 7.58. The average Bonchev–Trinajstić information content (AvgIpc) is 2.47. The highest BCUT2D eigenvalue weighted by Crippen LogP contribution is 2.21. The van der Waals surface area contributed by atoms with E-state index in [1.54, 1.807) is 18.3 Å². The third-order valence-electron chi connectivity index (χ3n) is 3.55. The number of halogens is 1. The van der Waals surface area contributed by atoms with E-state index < -0.39 is 0 Å². The molecule has 1 heterocycles. The Bertz CT molecular complexity index is 534. The van der Waals surface area contributed by atoms with Crippen LogP contribution in [0.4, 0.5) is 4.39 Å². The normalized spacial score (nSPS) is 12.3. The second kappa shape index (κ2) is 7.89. The number of pyridine rings is 1. The number of aromatic nitrogens is 1. The van der Waals surface area contributed by atoms with Gasteiger partial charge in [0.15, 0.2) is 0 Å². The van der Waals surface area contributed by atoms with Gasteiger partial charge in [0.2, 0.25) is 0 Å². The Morgan fingerprint density at radius 2 is 2.14 bits per heavy atom. The van der Waals surface area contributed by atoms with Crippen LogP contribution in [0.25, 0.3) is 0 Å². The van der Waals surface area contributed by atoms with E-state index in [0.29, 0.717) is 0 Å². The third kappa shape index (κ3) is 4.94. The zero-order valence-corrected chi connectivity index (χ0v) is 12.8. The Balaban J connectivity index is 2.10. The maximum absolute atomic E-state index is 13.6. The van der Waals surface area contributed by atoms with Crippen molar-refractivity contribution in [2.24, 2.45) is 0 Å². The van der Waals surface area contributed by atoms with Gasteiger partial charge in [-0.3, -0.25) is 4.98 Å². The van der Waals surface area contributed by atoms with Gasteiger partial charge >= 0.3 is 0 Å². The first-order valence-electron chi connectivity index (χ1n) is 7.58. The summed E-state index contributed by atoms with van der Waals surface area (Å²) in [6.45, 7) is 5.01. The molecule has 1 unspecified atom stereocenters. The molecule has 2 aromatic rings.